The molecule has 6 heteroatoms. The van der Waals surface area contributed by atoms with Gasteiger partial charge in [0.1, 0.15) is 10.7 Å². The first-order valence-corrected chi connectivity index (χ1v) is 6.81. The Bertz CT molecular complexity index is 375. The van der Waals surface area contributed by atoms with Crippen LogP contribution in [-0.2, 0) is 0 Å². The quantitative estimate of drug-likeness (QED) is 0.618. The number of aromatic nitrogens is 3. The number of rotatable bonds is 4. The lowest BCUT2D eigenvalue weighted by molar-refractivity contribution is 0.662. The van der Waals surface area contributed by atoms with Crippen molar-refractivity contribution < 1.29 is 0 Å². The molecule has 0 amide bonds. The number of nitrogens with zero attached hydrogens (tertiary/aromatic N) is 3. The van der Waals surface area contributed by atoms with Gasteiger partial charge in [-0.25, -0.2) is 0 Å². The number of hydrogen-bond donors (Lipinski definition) is 0. The van der Waals surface area contributed by atoms with E-state index < -0.39 is 4.33 Å². The van der Waals surface area contributed by atoms with Crippen molar-refractivity contribution >= 4 is 35.0 Å². The molecule has 0 N–H and O–H groups in total. The Morgan fingerprint density at radius 2 is 2.27 bits per heavy atom. The van der Waals surface area contributed by atoms with E-state index in [0.717, 1.165) is 17.3 Å². The summed E-state index contributed by atoms with van der Waals surface area (Å²) >= 11 is 13.7. The highest BCUT2D eigenvalue weighted by molar-refractivity contribution is 7.99. The molecule has 0 saturated heterocycles. The van der Waals surface area contributed by atoms with Gasteiger partial charge in [-0.1, -0.05) is 11.8 Å². The molecule has 0 aromatic carbocycles. The topological polar surface area (TPSA) is 30.7 Å². The van der Waals surface area contributed by atoms with Crippen LogP contribution >= 0.6 is 35.0 Å². The first kappa shape index (κ1) is 10.2. The van der Waals surface area contributed by atoms with Crippen molar-refractivity contribution in [3.8, 4) is 0 Å². The third kappa shape index (κ3) is 2.12. The van der Waals surface area contributed by atoms with Gasteiger partial charge in [0.05, 0.1) is 0 Å². The fourth-order valence-corrected chi connectivity index (χ4v) is 3.48. The third-order valence-corrected chi connectivity index (χ3v) is 4.90. The van der Waals surface area contributed by atoms with Gasteiger partial charge in [0.15, 0.2) is 5.16 Å². The summed E-state index contributed by atoms with van der Waals surface area (Å²) in [4.78, 5) is 0. The normalized spacial score (nSPS) is 28.0. The van der Waals surface area contributed by atoms with Crippen molar-refractivity contribution in [1.29, 1.82) is 0 Å². The molecule has 0 radical (unpaired) electrons. The van der Waals surface area contributed by atoms with Crippen LogP contribution in [0.15, 0.2) is 11.5 Å². The highest BCUT2D eigenvalue weighted by Crippen LogP contribution is 2.54. The van der Waals surface area contributed by atoms with E-state index in [0.29, 0.717) is 12.0 Å². The van der Waals surface area contributed by atoms with Crippen molar-refractivity contribution in [3.05, 3.63) is 6.33 Å². The van der Waals surface area contributed by atoms with E-state index in [1.165, 1.54) is 12.8 Å². The summed E-state index contributed by atoms with van der Waals surface area (Å²) < 4.78 is 1.69. The zero-order valence-corrected chi connectivity index (χ0v) is 10.4. The third-order valence-electron chi connectivity index (χ3n) is 2.85. The molecule has 3 rings (SSSR count). The predicted molar refractivity (Wildman–Crippen MR) is 61.6 cm³/mol. The minimum absolute atomic E-state index is 0.412. The second-order valence-corrected chi connectivity index (χ2v) is 6.75. The highest BCUT2D eigenvalue weighted by Gasteiger charge is 2.51. The molecule has 2 saturated carbocycles. The molecule has 2 aliphatic rings. The molecule has 2 aliphatic carbocycles. The molecule has 15 heavy (non-hydrogen) atoms. The van der Waals surface area contributed by atoms with E-state index >= 15 is 0 Å². The van der Waals surface area contributed by atoms with Gasteiger partial charge in [-0.3, -0.25) is 0 Å². The fourth-order valence-electron chi connectivity index (χ4n) is 1.56. The van der Waals surface area contributed by atoms with Gasteiger partial charge >= 0.3 is 0 Å². The van der Waals surface area contributed by atoms with E-state index in [-0.39, 0.29) is 0 Å². The van der Waals surface area contributed by atoms with Gasteiger partial charge in [0.2, 0.25) is 0 Å². The summed E-state index contributed by atoms with van der Waals surface area (Å²) in [6.07, 6.45) is 5.23. The highest BCUT2D eigenvalue weighted by atomic mass is 35.5. The summed E-state index contributed by atoms with van der Waals surface area (Å²) in [5.41, 5.74) is 0. The van der Waals surface area contributed by atoms with Gasteiger partial charge in [0.25, 0.3) is 0 Å². The summed E-state index contributed by atoms with van der Waals surface area (Å²) in [5.74, 6) is 1.36. The molecular weight excluding hydrogens is 253 g/mol. The van der Waals surface area contributed by atoms with Crippen molar-refractivity contribution in [2.24, 2.45) is 5.92 Å². The Kier molecular flexibility index (Phi) is 2.41. The van der Waals surface area contributed by atoms with Crippen LogP contribution in [0.4, 0.5) is 0 Å². The van der Waals surface area contributed by atoms with E-state index in [1.54, 1.807) is 11.8 Å². The molecule has 1 aromatic rings. The maximum Gasteiger partial charge on any atom is 0.191 e. The molecule has 82 valence electrons. The van der Waals surface area contributed by atoms with Crippen LogP contribution in [0.5, 0.6) is 0 Å². The van der Waals surface area contributed by atoms with Crippen molar-refractivity contribution in [3.63, 3.8) is 0 Å². The molecule has 1 atom stereocenters. The maximum atomic E-state index is 5.97. The second-order valence-electron chi connectivity index (χ2n) is 4.23. The summed E-state index contributed by atoms with van der Waals surface area (Å²) in [5, 5.41) is 9.07. The van der Waals surface area contributed by atoms with Crippen LogP contribution < -0.4 is 0 Å². The largest absolute Gasteiger partial charge is 0.306 e. The van der Waals surface area contributed by atoms with E-state index in [2.05, 4.69) is 14.8 Å². The molecule has 3 nitrogen and oxygen atoms in total. The molecule has 0 bridgehead atoms. The first-order chi connectivity index (χ1) is 7.17. The molecular formula is C9H11Cl2N3S. The van der Waals surface area contributed by atoms with Crippen molar-refractivity contribution in [1.82, 2.24) is 14.8 Å². The lowest BCUT2D eigenvalue weighted by Gasteiger charge is -2.03. The lowest BCUT2D eigenvalue weighted by Crippen LogP contribution is -1.98. The average Bonchev–Trinajstić information content (AvgIpc) is 3.06. The average molecular weight is 264 g/mol. The van der Waals surface area contributed by atoms with E-state index in [9.17, 15) is 0 Å². The van der Waals surface area contributed by atoms with Crippen LogP contribution in [-0.4, -0.2) is 24.9 Å². The standard InChI is InChI=1S/C9H11Cl2N3S/c10-9(11)3-6(9)4-15-8-13-12-5-14(8)7-1-2-7/h5-7H,1-4H2/t6-/m1/s1. The Morgan fingerprint density at radius 3 is 2.87 bits per heavy atom. The summed E-state index contributed by atoms with van der Waals surface area (Å²) in [7, 11) is 0. The number of alkyl halides is 2. The number of thioether (sulfide) groups is 1. The van der Waals surface area contributed by atoms with Gasteiger partial charge in [-0.15, -0.1) is 33.4 Å². The van der Waals surface area contributed by atoms with Gasteiger partial charge in [-0.05, 0) is 19.3 Å². The Morgan fingerprint density at radius 1 is 1.53 bits per heavy atom. The lowest BCUT2D eigenvalue weighted by atomic mass is 10.5. The van der Waals surface area contributed by atoms with E-state index in [1.807, 2.05) is 6.33 Å². The van der Waals surface area contributed by atoms with Gasteiger partial charge in [-0.2, -0.15) is 0 Å². The van der Waals surface area contributed by atoms with Crippen molar-refractivity contribution in [2.75, 3.05) is 5.75 Å². The second kappa shape index (κ2) is 3.54. The molecule has 0 aliphatic heterocycles. The summed E-state index contributed by atoms with van der Waals surface area (Å²) in [6, 6.07) is 0.637. The van der Waals surface area contributed by atoms with Crippen LogP contribution in [0.3, 0.4) is 0 Å². The molecule has 0 spiro atoms. The SMILES string of the molecule is ClC1(Cl)C[C@@H]1CSc1nncn1C1CC1. The van der Waals surface area contributed by atoms with Gasteiger partial charge < -0.3 is 4.57 Å². The zero-order chi connectivity index (χ0) is 10.5. The van der Waals surface area contributed by atoms with Crippen LogP contribution in [0.25, 0.3) is 0 Å². The van der Waals surface area contributed by atoms with Gasteiger partial charge in [0, 0.05) is 17.7 Å². The molecule has 1 heterocycles. The molecule has 1 aromatic heterocycles. The zero-order valence-electron chi connectivity index (χ0n) is 8.07. The molecule has 2 fully saturated rings. The fraction of sp³-hybridized carbons (Fsp3) is 0.778. The smallest absolute Gasteiger partial charge is 0.191 e. The van der Waals surface area contributed by atoms with Crippen LogP contribution in [0.1, 0.15) is 25.3 Å². The molecule has 0 unspecified atom stereocenters. The maximum absolute atomic E-state index is 5.97. The van der Waals surface area contributed by atoms with Crippen molar-refractivity contribution in [2.45, 2.75) is 34.8 Å². The van der Waals surface area contributed by atoms with Crippen LogP contribution in [0, 0.1) is 5.92 Å². The Balaban J connectivity index is 1.60. The number of halogens is 2. The minimum atomic E-state index is -0.475. The first-order valence-electron chi connectivity index (χ1n) is 5.07. The minimum Gasteiger partial charge on any atom is -0.306 e. The predicted octanol–water partition coefficient (Wildman–Crippen LogP) is 2.90. The number of hydrogen-bond acceptors (Lipinski definition) is 3. The van der Waals surface area contributed by atoms with Crippen LogP contribution in [0.2, 0.25) is 0 Å². The monoisotopic (exact) mass is 263 g/mol. The Hall–Kier alpha value is 0.0700. The Labute approximate surface area is 103 Å². The van der Waals surface area contributed by atoms with E-state index in [4.69, 9.17) is 23.2 Å². The summed E-state index contributed by atoms with van der Waals surface area (Å²) in [6.45, 7) is 0.